The highest BCUT2D eigenvalue weighted by molar-refractivity contribution is 5.98. The Morgan fingerprint density at radius 1 is 1.29 bits per heavy atom. The molecule has 9 nitrogen and oxygen atoms in total. The number of para-hydroxylation sites is 1. The van der Waals surface area contributed by atoms with E-state index in [0.29, 0.717) is 5.75 Å². The van der Waals surface area contributed by atoms with Crippen molar-refractivity contribution >= 4 is 11.9 Å². The first-order valence-electron chi connectivity index (χ1n) is 9.32. The van der Waals surface area contributed by atoms with Gasteiger partial charge in [-0.05, 0) is 18.2 Å². The summed E-state index contributed by atoms with van der Waals surface area (Å²) in [7, 11) is 1.26. The monoisotopic (exact) mass is 436 g/mol. The maximum atomic E-state index is 13.4. The van der Waals surface area contributed by atoms with Crippen molar-refractivity contribution in [3.8, 4) is 17.2 Å². The number of hydrogen-bond acceptors (Lipinski definition) is 8. The van der Waals surface area contributed by atoms with E-state index in [1.165, 1.54) is 48.7 Å². The lowest BCUT2D eigenvalue weighted by Gasteiger charge is -2.33. The fourth-order valence-corrected chi connectivity index (χ4v) is 3.23. The molecule has 4 rings (SSSR count). The number of morpholine rings is 1. The van der Waals surface area contributed by atoms with Crippen LogP contribution in [0.1, 0.15) is 20.7 Å². The van der Waals surface area contributed by atoms with E-state index in [2.05, 4.69) is 19.2 Å². The SMILES string of the molecule is COC(=O)c1cncc(OCC2CN(C(=O)c3cccc4c3OC(F)(F)O4)CCO2)c1. The molecule has 2 aliphatic rings. The summed E-state index contributed by atoms with van der Waals surface area (Å²) >= 11 is 0. The van der Waals surface area contributed by atoms with Crippen LogP contribution in [0.15, 0.2) is 36.7 Å². The molecule has 0 aliphatic carbocycles. The number of methoxy groups -OCH3 is 1. The molecule has 0 N–H and O–H groups in total. The van der Waals surface area contributed by atoms with Gasteiger partial charge in [0.05, 0.1) is 37.6 Å². The molecule has 0 saturated carbocycles. The Labute approximate surface area is 175 Å². The molecule has 0 spiro atoms. The minimum atomic E-state index is -3.81. The molecule has 11 heteroatoms. The van der Waals surface area contributed by atoms with Crippen molar-refractivity contribution in [3.05, 3.63) is 47.8 Å². The fourth-order valence-electron chi connectivity index (χ4n) is 3.23. The van der Waals surface area contributed by atoms with Crippen molar-refractivity contribution in [1.29, 1.82) is 0 Å². The number of hydrogen-bond donors (Lipinski definition) is 0. The van der Waals surface area contributed by atoms with Crippen molar-refractivity contribution in [2.45, 2.75) is 12.4 Å². The number of amides is 1. The molecule has 2 aromatic rings. The fraction of sp³-hybridized carbons (Fsp3) is 0.350. The van der Waals surface area contributed by atoms with Gasteiger partial charge in [-0.1, -0.05) is 6.07 Å². The van der Waals surface area contributed by atoms with E-state index in [1.54, 1.807) is 0 Å². The van der Waals surface area contributed by atoms with Crippen LogP contribution in [-0.2, 0) is 9.47 Å². The first kappa shape index (κ1) is 20.8. The van der Waals surface area contributed by atoms with E-state index in [1.807, 2.05) is 0 Å². The highest BCUT2D eigenvalue weighted by atomic mass is 19.3. The molecule has 2 aliphatic heterocycles. The van der Waals surface area contributed by atoms with Crippen LogP contribution in [0.3, 0.4) is 0 Å². The molecule has 164 valence electrons. The Morgan fingerprint density at radius 3 is 2.94 bits per heavy atom. The second kappa shape index (κ2) is 8.34. The number of halogens is 2. The number of aromatic nitrogens is 1. The van der Waals surface area contributed by atoms with Gasteiger partial charge in [0.15, 0.2) is 11.5 Å². The Bertz CT molecular complexity index is 1000. The number of rotatable bonds is 5. The van der Waals surface area contributed by atoms with Crippen LogP contribution < -0.4 is 14.2 Å². The Hall–Kier alpha value is -3.47. The largest absolute Gasteiger partial charge is 0.586 e. The van der Waals surface area contributed by atoms with Gasteiger partial charge in [0.2, 0.25) is 0 Å². The predicted octanol–water partition coefficient (Wildman–Crippen LogP) is 2.11. The van der Waals surface area contributed by atoms with Crippen molar-refractivity contribution in [2.24, 2.45) is 0 Å². The van der Waals surface area contributed by atoms with E-state index in [0.717, 1.165) is 0 Å². The van der Waals surface area contributed by atoms with Crippen molar-refractivity contribution < 1.29 is 42.1 Å². The van der Waals surface area contributed by atoms with Crippen molar-refractivity contribution in [3.63, 3.8) is 0 Å². The molecule has 0 bridgehead atoms. The molecular weight excluding hydrogens is 418 g/mol. The second-order valence-electron chi connectivity index (χ2n) is 6.76. The van der Waals surface area contributed by atoms with Crippen LogP contribution in [0.4, 0.5) is 8.78 Å². The number of esters is 1. The summed E-state index contributed by atoms with van der Waals surface area (Å²) < 4.78 is 51.6. The molecule has 3 heterocycles. The normalized spacial score (nSPS) is 19.1. The summed E-state index contributed by atoms with van der Waals surface area (Å²) in [6.07, 6.45) is -1.51. The quantitative estimate of drug-likeness (QED) is 0.658. The second-order valence-corrected chi connectivity index (χ2v) is 6.76. The van der Waals surface area contributed by atoms with Gasteiger partial charge in [0.25, 0.3) is 5.91 Å². The van der Waals surface area contributed by atoms with Gasteiger partial charge < -0.3 is 28.6 Å². The summed E-state index contributed by atoms with van der Waals surface area (Å²) in [5, 5.41) is 0. The number of carbonyl (C=O) groups is 2. The minimum Gasteiger partial charge on any atom is -0.489 e. The van der Waals surface area contributed by atoms with Crippen LogP contribution in [0.25, 0.3) is 0 Å². The lowest BCUT2D eigenvalue weighted by molar-refractivity contribution is -0.286. The summed E-state index contributed by atoms with van der Waals surface area (Å²) in [6.45, 7) is 0.767. The molecular formula is C20H18F2N2O7. The molecule has 31 heavy (non-hydrogen) atoms. The van der Waals surface area contributed by atoms with Gasteiger partial charge >= 0.3 is 12.3 Å². The number of pyridine rings is 1. The molecule has 1 atom stereocenters. The third-order valence-electron chi connectivity index (χ3n) is 4.66. The third kappa shape index (κ3) is 4.50. The number of nitrogens with zero attached hydrogens (tertiary/aromatic N) is 2. The summed E-state index contributed by atoms with van der Waals surface area (Å²) in [6, 6.07) is 5.63. The summed E-state index contributed by atoms with van der Waals surface area (Å²) in [5.74, 6) is -1.18. The molecule has 1 fully saturated rings. The van der Waals surface area contributed by atoms with E-state index in [4.69, 9.17) is 9.47 Å². The van der Waals surface area contributed by atoms with E-state index in [9.17, 15) is 18.4 Å². The molecule has 1 unspecified atom stereocenters. The van der Waals surface area contributed by atoms with Crippen LogP contribution in [0.2, 0.25) is 0 Å². The average molecular weight is 436 g/mol. The van der Waals surface area contributed by atoms with Gasteiger partial charge in [0.1, 0.15) is 18.5 Å². The van der Waals surface area contributed by atoms with Crippen molar-refractivity contribution in [1.82, 2.24) is 9.88 Å². The maximum Gasteiger partial charge on any atom is 0.586 e. The molecule has 1 amide bonds. The number of carbonyl (C=O) groups excluding carboxylic acids is 2. The standard InChI is InChI=1S/C20H18F2N2O7/c1-27-19(26)12-7-13(9-23-8-12)29-11-14-10-24(5-6-28-14)18(25)15-3-2-4-16-17(15)31-20(21,22)30-16/h2-4,7-9,14H,5-6,10-11H2,1H3. The summed E-state index contributed by atoms with van der Waals surface area (Å²) in [5.41, 5.74) is 0.213. The highest BCUT2D eigenvalue weighted by Crippen LogP contribution is 2.43. The van der Waals surface area contributed by atoms with Crippen LogP contribution in [0, 0.1) is 0 Å². The zero-order valence-electron chi connectivity index (χ0n) is 16.4. The van der Waals surface area contributed by atoms with Crippen molar-refractivity contribution in [2.75, 3.05) is 33.4 Å². The van der Waals surface area contributed by atoms with Gasteiger partial charge in [-0.2, -0.15) is 0 Å². The van der Waals surface area contributed by atoms with E-state index >= 15 is 0 Å². The number of fused-ring (bicyclic) bond motifs is 1. The Balaban J connectivity index is 1.40. The zero-order valence-corrected chi connectivity index (χ0v) is 16.4. The first-order chi connectivity index (χ1) is 14.9. The third-order valence-corrected chi connectivity index (χ3v) is 4.66. The Kier molecular flexibility index (Phi) is 5.59. The number of benzene rings is 1. The van der Waals surface area contributed by atoms with Gasteiger partial charge in [-0.25, -0.2) is 4.79 Å². The topological polar surface area (TPSA) is 96.4 Å². The molecule has 1 saturated heterocycles. The minimum absolute atomic E-state index is 0.0220. The van der Waals surface area contributed by atoms with Gasteiger partial charge in [-0.3, -0.25) is 9.78 Å². The zero-order chi connectivity index (χ0) is 22.0. The molecule has 1 aromatic heterocycles. The summed E-state index contributed by atoms with van der Waals surface area (Å²) in [4.78, 5) is 29.9. The van der Waals surface area contributed by atoms with Gasteiger partial charge in [-0.15, -0.1) is 8.78 Å². The van der Waals surface area contributed by atoms with Gasteiger partial charge in [0, 0.05) is 12.7 Å². The maximum absolute atomic E-state index is 13.4. The van der Waals surface area contributed by atoms with E-state index in [-0.39, 0.29) is 48.9 Å². The number of ether oxygens (including phenoxy) is 5. The predicted molar refractivity (Wildman–Crippen MR) is 99.4 cm³/mol. The Morgan fingerprint density at radius 2 is 2.13 bits per heavy atom. The van der Waals surface area contributed by atoms with Crippen LogP contribution in [-0.4, -0.2) is 67.6 Å². The average Bonchev–Trinajstić information content (AvgIpc) is 3.11. The lowest BCUT2D eigenvalue weighted by atomic mass is 10.1. The van der Waals surface area contributed by atoms with Crippen LogP contribution >= 0.6 is 0 Å². The number of alkyl halides is 2. The molecule has 1 aromatic carbocycles. The lowest BCUT2D eigenvalue weighted by Crippen LogP contribution is -2.47. The first-order valence-corrected chi connectivity index (χ1v) is 9.32. The van der Waals surface area contributed by atoms with E-state index < -0.39 is 24.3 Å². The highest BCUT2D eigenvalue weighted by Gasteiger charge is 2.45. The smallest absolute Gasteiger partial charge is 0.489 e. The van der Waals surface area contributed by atoms with Crippen LogP contribution in [0.5, 0.6) is 17.2 Å². The molecule has 0 radical (unpaired) electrons.